The minimum Gasteiger partial charge on any atom is -0.465 e. The van der Waals surface area contributed by atoms with E-state index in [0.717, 1.165) is 11.3 Å². The van der Waals surface area contributed by atoms with Gasteiger partial charge in [0.05, 0.1) is 18.4 Å². The van der Waals surface area contributed by atoms with Crippen LogP contribution in [-0.4, -0.2) is 71.0 Å². The van der Waals surface area contributed by atoms with Crippen LogP contribution in [-0.2, 0) is 30.2 Å². The second-order valence-electron chi connectivity index (χ2n) is 9.50. The number of hydrogen-bond donors (Lipinski definition) is 1. The number of amides is 1. The van der Waals surface area contributed by atoms with Crippen molar-refractivity contribution in [2.24, 2.45) is 0 Å². The summed E-state index contributed by atoms with van der Waals surface area (Å²) >= 11 is 1.60. The van der Waals surface area contributed by atoms with Gasteiger partial charge in [-0.05, 0) is 59.9 Å². The van der Waals surface area contributed by atoms with Crippen molar-refractivity contribution in [1.82, 2.24) is 10.2 Å². The summed E-state index contributed by atoms with van der Waals surface area (Å²) in [6, 6.07) is 8.52. The molecule has 0 spiro atoms. The molecule has 1 fully saturated rings. The number of carbonyl (C=O) groups is 3. The molecule has 0 bridgehead atoms. The Hall–Kier alpha value is -2.26. The van der Waals surface area contributed by atoms with Gasteiger partial charge >= 0.3 is 12.1 Å². The van der Waals surface area contributed by atoms with Gasteiger partial charge in [0.2, 0.25) is 5.91 Å². The van der Waals surface area contributed by atoms with Gasteiger partial charge in [0.1, 0.15) is 11.6 Å². The molecule has 0 aliphatic carbocycles. The molecule has 0 radical (unpaired) electrons. The van der Waals surface area contributed by atoms with Crippen molar-refractivity contribution < 1.29 is 28.6 Å². The molecule has 1 N–H and O–H groups in total. The van der Waals surface area contributed by atoms with Crippen LogP contribution in [0.1, 0.15) is 53.5 Å². The standard InChI is InChI=1S/C25H38N2O6S/c1-7-31-22(29)20(14-13-19-11-9-8-10-12-19)26-18(2)21(28)27-15-16-34-17-25(27,6)33-23(30)32-24(3,4)5/h8-12,18,20,26H,7,13-17H2,1-6H3/t18-,20?,25?/m0/s1. The molecule has 0 saturated carbocycles. The lowest BCUT2D eigenvalue weighted by atomic mass is 10.0. The highest BCUT2D eigenvalue weighted by Crippen LogP contribution is 2.29. The Morgan fingerprint density at radius 2 is 1.88 bits per heavy atom. The van der Waals surface area contributed by atoms with Crippen molar-refractivity contribution in [3.63, 3.8) is 0 Å². The minimum absolute atomic E-state index is 0.250. The van der Waals surface area contributed by atoms with Crippen LogP contribution < -0.4 is 5.32 Å². The van der Waals surface area contributed by atoms with Crippen LogP contribution in [0, 0.1) is 0 Å². The fourth-order valence-corrected chi connectivity index (χ4v) is 4.73. The van der Waals surface area contributed by atoms with Crippen LogP contribution in [0.2, 0.25) is 0 Å². The second kappa shape index (κ2) is 12.4. The van der Waals surface area contributed by atoms with Crippen LogP contribution in [0.5, 0.6) is 0 Å². The van der Waals surface area contributed by atoms with Gasteiger partial charge in [-0.25, -0.2) is 4.79 Å². The third-order valence-corrected chi connectivity index (χ3v) is 6.53. The fourth-order valence-electron chi connectivity index (χ4n) is 3.68. The first kappa shape index (κ1) is 28.0. The molecule has 8 nitrogen and oxygen atoms in total. The summed E-state index contributed by atoms with van der Waals surface area (Å²) < 4.78 is 16.2. The predicted octanol–water partition coefficient (Wildman–Crippen LogP) is 3.77. The highest BCUT2D eigenvalue weighted by Gasteiger charge is 2.44. The van der Waals surface area contributed by atoms with Crippen molar-refractivity contribution in [1.29, 1.82) is 0 Å². The molecular weight excluding hydrogens is 456 g/mol. The Bertz CT molecular complexity index is 828. The summed E-state index contributed by atoms with van der Waals surface area (Å²) in [5, 5.41) is 3.15. The number of esters is 1. The molecule has 1 aliphatic rings. The number of nitrogens with zero attached hydrogens (tertiary/aromatic N) is 1. The summed E-state index contributed by atoms with van der Waals surface area (Å²) in [6.45, 7) is 11.1. The summed E-state index contributed by atoms with van der Waals surface area (Å²) in [6.07, 6.45) is 0.336. The first-order chi connectivity index (χ1) is 15.9. The fraction of sp³-hybridized carbons (Fsp3) is 0.640. The topological polar surface area (TPSA) is 94.2 Å². The largest absolute Gasteiger partial charge is 0.510 e. The summed E-state index contributed by atoms with van der Waals surface area (Å²) in [7, 11) is 0. The second-order valence-corrected chi connectivity index (χ2v) is 10.6. The molecule has 2 rings (SSSR count). The lowest BCUT2D eigenvalue weighted by Gasteiger charge is -2.44. The Morgan fingerprint density at radius 3 is 2.50 bits per heavy atom. The highest BCUT2D eigenvalue weighted by molar-refractivity contribution is 7.99. The SMILES string of the molecule is CCOC(=O)C(CCc1ccccc1)N[C@@H](C)C(=O)N1CCSCC1(C)OC(=O)OC(C)(C)C. The van der Waals surface area contributed by atoms with E-state index in [1.54, 1.807) is 58.2 Å². The van der Waals surface area contributed by atoms with E-state index in [1.807, 2.05) is 30.3 Å². The Morgan fingerprint density at radius 1 is 1.21 bits per heavy atom. The van der Waals surface area contributed by atoms with E-state index in [2.05, 4.69) is 5.32 Å². The maximum absolute atomic E-state index is 13.4. The molecule has 0 aromatic heterocycles. The molecule has 1 aromatic carbocycles. The van der Waals surface area contributed by atoms with Crippen molar-refractivity contribution in [3.8, 4) is 0 Å². The smallest absolute Gasteiger partial charge is 0.465 e. The number of aryl methyl sites for hydroxylation is 1. The van der Waals surface area contributed by atoms with Crippen LogP contribution in [0.15, 0.2) is 30.3 Å². The van der Waals surface area contributed by atoms with Crippen LogP contribution >= 0.6 is 11.8 Å². The summed E-state index contributed by atoms with van der Waals surface area (Å²) in [5.74, 6) is 0.515. The number of ether oxygens (including phenoxy) is 3. The van der Waals surface area contributed by atoms with E-state index < -0.39 is 29.6 Å². The van der Waals surface area contributed by atoms with Crippen molar-refractivity contribution in [3.05, 3.63) is 35.9 Å². The van der Waals surface area contributed by atoms with Crippen molar-refractivity contribution >= 4 is 29.8 Å². The maximum atomic E-state index is 13.4. The van der Waals surface area contributed by atoms with Crippen molar-refractivity contribution in [2.45, 2.75) is 77.8 Å². The van der Waals surface area contributed by atoms with Gasteiger partial charge in [0.25, 0.3) is 0 Å². The number of benzene rings is 1. The molecule has 9 heteroatoms. The average molecular weight is 495 g/mol. The first-order valence-corrected chi connectivity index (χ1v) is 12.9. The van der Waals surface area contributed by atoms with Gasteiger partial charge in [-0.2, -0.15) is 11.8 Å². The quantitative estimate of drug-likeness (QED) is 0.519. The zero-order chi connectivity index (χ0) is 25.4. The van der Waals surface area contributed by atoms with Gasteiger partial charge in [-0.3, -0.25) is 14.9 Å². The summed E-state index contributed by atoms with van der Waals surface area (Å²) in [4.78, 5) is 40.0. The van der Waals surface area contributed by atoms with Gasteiger partial charge in [-0.15, -0.1) is 0 Å². The molecule has 1 saturated heterocycles. The zero-order valence-corrected chi connectivity index (χ0v) is 21.9. The molecule has 2 unspecified atom stereocenters. The molecule has 1 amide bonds. The number of rotatable bonds is 9. The third-order valence-electron chi connectivity index (χ3n) is 5.32. The van der Waals surface area contributed by atoms with Gasteiger partial charge in [-0.1, -0.05) is 30.3 Å². The van der Waals surface area contributed by atoms with E-state index in [0.29, 0.717) is 25.1 Å². The molecular formula is C25H38N2O6S. The van der Waals surface area contributed by atoms with E-state index in [1.165, 1.54) is 0 Å². The zero-order valence-electron chi connectivity index (χ0n) is 21.1. The molecule has 1 aliphatic heterocycles. The van der Waals surface area contributed by atoms with Gasteiger partial charge < -0.3 is 19.1 Å². The van der Waals surface area contributed by atoms with Gasteiger partial charge in [0, 0.05) is 12.3 Å². The minimum atomic E-state index is -1.15. The van der Waals surface area contributed by atoms with E-state index in [9.17, 15) is 14.4 Å². The molecule has 3 atom stereocenters. The number of nitrogens with one attached hydrogen (secondary N) is 1. The predicted molar refractivity (Wildman–Crippen MR) is 133 cm³/mol. The lowest BCUT2D eigenvalue weighted by molar-refractivity contribution is -0.161. The maximum Gasteiger partial charge on any atom is 0.510 e. The van der Waals surface area contributed by atoms with Crippen LogP contribution in [0.4, 0.5) is 4.79 Å². The van der Waals surface area contributed by atoms with E-state index in [-0.39, 0.29) is 18.5 Å². The van der Waals surface area contributed by atoms with Crippen LogP contribution in [0.25, 0.3) is 0 Å². The van der Waals surface area contributed by atoms with E-state index in [4.69, 9.17) is 14.2 Å². The molecule has 190 valence electrons. The average Bonchev–Trinajstić information content (AvgIpc) is 2.75. The first-order valence-electron chi connectivity index (χ1n) is 11.7. The molecule has 1 heterocycles. The Kier molecular flexibility index (Phi) is 10.2. The van der Waals surface area contributed by atoms with Crippen molar-refractivity contribution in [2.75, 3.05) is 24.7 Å². The molecule has 1 aromatic rings. The normalized spacial score (nSPS) is 20.2. The molecule has 34 heavy (non-hydrogen) atoms. The van der Waals surface area contributed by atoms with Crippen LogP contribution in [0.3, 0.4) is 0 Å². The number of hydrogen-bond acceptors (Lipinski definition) is 8. The van der Waals surface area contributed by atoms with E-state index >= 15 is 0 Å². The highest BCUT2D eigenvalue weighted by atomic mass is 32.2. The Labute approximate surface area is 207 Å². The number of thioether (sulfide) groups is 1. The third kappa shape index (κ3) is 8.51. The summed E-state index contributed by atoms with van der Waals surface area (Å²) in [5.41, 5.74) is -0.754. The monoisotopic (exact) mass is 494 g/mol. The lowest BCUT2D eigenvalue weighted by Crippen LogP contribution is -2.62. The van der Waals surface area contributed by atoms with Gasteiger partial charge in [0.15, 0.2) is 5.72 Å². The Balaban J connectivity index is 2.10. The number of carbonyl (C=O) groups excluding carboxylic acids is 3.